The van der Waals surface area contributed by atoms with Crippen molar-refractivity contribution in [1.82, 2.24) is 14.9 Å². The van der Waals surface area contributed by atoms with E-state index in [1.165, 1.54) is 17.4 Å². The van der Waals surface area contributed by atoms with Crippen LogP contribution in [0.2, 0.25) is 0 Å². The van der Waals surface area contributed by atoms with Crippen LogP contribution in [0.3, 0.4) is 0 Å². The number of rotatable bonds is 2. The number of para-hydroxylation sites is 1. The number of hydrogen-bond acceptors (Lipinski definition) is 3. The first-order chi connectivity index (χ1) is 13.2. The second kappa shape index (κ2) is 6.32. The van der Waals surface area contributed by atoms with E-state index in [1.54, 1.807) is 34.0 Å². The number of nitrogens with one attached hydrogen (secondary N) is 1. The second-order valence-corrected chi connectivity index (χ2v) is 7.33. The minimum atomic E-state index is -0.503. The number of H-pyrrole nitrogens is 1. The smallest absolute Gasteiger partial charge is 0.274 e. The number of carbonyl (C=O) groups excluding carboxylic acids is 1. The molecule has 0 saturated carbocycles. The van der Waals surface area contributed by atoms with Crippen LogP contribution in [-0.2, 0) is 6.42 Å². The Morgan fingerprint density at radius 3 is 2.81 bits per heavy atom. The van der Waals surface area contributed by atoms with Crippen LogP contribution in [-0.4, -0.2) is 27.3 Å². The first-order valence-electron chi connectivity index (χ1n) is 8.77. The van der Waals surface area contributed by atoms with Crippen LogP contribution >= 0.6 is 11.3 Å². The standard InChI is InChI=1S/C21H16FN3OS/c22-16-7-3-1-6-15(16)20-19-14(13-5-2-4-8-17(13)24-19)9-10-25(20)21(26)18-11-27-12-23-18/h1-8,11-12,20,24H,9-10H2/t20-/m1/s1. The number of halogens is 1. The zero-order valence-corrected chi connectivity index (χ0v) is 15.2. The summed E-state index contributed by atoms with van der Waals surface area (Å²) in [5, 5.41) is 2.87. The monoisotopic (exact) mass is 377 g/mol. The largest absolute Gasteiger partial charge is 0.356 e. The number of aromatic amines is 1. The van der Waals surface area contributed by atoms with Gasteiger partial charge in [-0.3, -0.25) is 4.79 Å². The Balaban J connectivity index is 1.71. The van der Waals surface area contributed by atoms with Crippen molar-refractivity contribution in [3.8, 4) is 0 Å². The number of hydrogen-bond donors (Lipinski definition) is 1. The van der Waals surface area contributed by atoms with Crippen LogP contribution < -0.4 is 0 Å². The predicted octanol–water partition coefficient (Wildman–Crippen LogP) is 4.55. The third-order valence-corrected chi connectivity index (χ3v) is 5.73. The average Bonchev–Trinajstić information content (AvgIpc) is 3.35. The third kappa shape index (κ3) is 2.56. The maximum atomic E-state index is 14.7. The third-order valence-electron chi connectivity index (χ3n) is 5.15. The van der Waals surface area contributed by atoms with E-state index in [-0.39, 0.29) is 11.7 Å². The zero-order valence-electron chi connectivity index (χ0n) is 14.4. The maximum absolute atomic E-state index is 14.7. The fraction of sp³-hybridized carbons (Fsp3) is 0.143. The van der Waals surface area contributed by atoms with Crippen LogP contribution in [0.15, 0.2) is 59.4 Å². The molecular formula is C21H16FN3OS. The molecular weight excluding hydrogens is 361 g/mol. The van der Waals surface area contributed by atoms with Gasteiger partial charge in [0.25, 0.3) is 5.91 Å². The summed E-state index contributed by atoms with van der Waals surface area (Å²) in [5.74, 6) is -0.487. The van der Waals surface area contributed by atoms with Gasteiger partial charge in [-0.1, -0.05) is 36.4 Å². The molecule has 1 aliphatic heterocycles. The number of benzene rings is 2. The Kier molecular flexibility index (Phi) is 3.79. The molecule has 27 heavy (non-hydrogen) atoms. The van der Waals surface area contributed by atoms with Crippen molar-refractivity contribution in [2.45, 2.75) is 12.5 Å². The molecule has 3 heterocycles. The van der Waals surface area contributed by atoms with Crippen molar-refractivity contribution in [3.63, 3.8) is 0 Å². The van der Waals surface area contributed by atoms with Crippen LogP contribution in [0, 0.1) is 5.82 Å². The van der Waals surface area contributed by atoms with E-state index in [9.17, 15) is 9.18 Å². The number of fused-ring (bicyclic) bond motifs is 3. The van der Waals surface area contributed by atoms with Crippen molar-refractivity contribution >= 4 is 28.1 Å². The summed E-state index contributed by atoms with van der Waals surface area (Å²) in [6.07, 6.45) is 0.722. The van der Waals surface area contributed by atoms with E-state index < -0.39 is 6.04 Å². The molecule has 1 N–H and O–H groups in total. The minimum Gasteiger partial charge on any atom is -0.356 e. The van der Waals surface area contributed by atoms with Crippen molar-refractivity contribution in [2.75, 3.05) is 6.54 Å². The van der Waals surface area contributed by atoms with Crippen molar-refractivity contribution < 1.29 is 9.18 Å². The van der Waals surface area contributed by atoms with E-state index in [0.29, 0.717) is 17.8 Å². The number of carbonyl (C=O) groups is 1. The van der Waals surface area contributed by atoms with Crippen molar-refractivity contribution in [3.05, 3.63) is 87.8 Å². The van der Waals surface area contributed by atoms with Crippen LogP contribution in [0.25, 0.3) is 10.9 Å². The Hall–Kier alpha value is -2.99. The molecule has 1 atom stereocenters. The molecule has 0 radical (unpaired) electrons. The van der Waals surface area contributed by atoms with Crippen molar-refractivity contribution in [2.24, 2.45) is 0 Å². The Labute approximate surface area is 159 Å². The van der Waals surface area contributed by atoms with E-state index in [2.05, 4.69) is 16.0 Å². The lowest BCUT2D eigenvalue weighted by Crippen LogP contribution is -2.41. The van der Waals surface area contributed by atoms with Crippen LogP contribution in [0.5, 0.6) is 0 Å². The molecule has 4 aromatic rings. The van der Waals surface area contributed by atoms with Crippen molar-refractivity contribution in [1.29, 1.82) is 0 Å². The normalized spacial score (nSPS) is 16.5. The lowest BCUT2D eigenvalue weighted by Gasteiger charge is -2.36. The Bertz CT molecular complexity index is 1140. The molecule has 0 aliphatic carbocycles. The zero-order chi connectivity index (χ0) is 18.4. The Morgan fingerprint density at radius 1 is 1.19 bits per heavy atom. The van der Waals surface area contributed by atoms with E-state index in [1.807, 2.05) is 18.2 Å². The molecule has 5 rings (SSSR count). The van der Waals surface area contributed by atoms with Gasteiger partial charge in [-0.25, -0.2) is 9.37 Å². The molecule has 0 saturated heterocycles. The summed E-state index contributed by atoms with van der Waals surface area (Å²) in [5.41, 5.74) is 5.59. The summed E-state index contributed by atoms with van der Waals surface area (Å²) in [4.78, 5) is 22.4. The highest BCUT2D eigenvalue weighted by Gasteiger charge is 2.36. The highest BCUT2D eigenvalue weighted by atomic mass is 32.1. The molecule has 0 fully saturated rings. The van der Waals surface area contributed by atoms with Gasteiger partial charge in [0.05, 0.1) is 5.51 Å². The SMILES string of the molecule is O=C(c1cscn1)N1CCc2c([nH]c3ccccc23)[C@H]1c1ccccc1F. The quantitative estimate of drug-likeness (QED) is 0.557. The van der Waals surface area contributed by atoms with Gasteiger partial charge in [0.15, 0.2) is 0 Å². The summed E-state index contributed by atoms with van der Waals surface area (Å²) in [6.45, 7) is 0.518. The summed E-state index contributed by atoms with van der Waals surface area (Å²) >= 11 is 1.38. The van der Waals surface area contributed by atoms with Gasteiger partial charge in [0, 0.05) is 34.1 Å². The predicted molar refractivity (Wildman–Crippen MR) is 103 cm³/mol. The topological polar surface area (TPSA) is 49.0 Å². The minimum absolute atomic E-state index is 0.172. The Morgan fingerprint density at radius 2 is 2.00 bits per heavy atom. The number of nitrogens with zero attached hydrogens (tertiary/aromatic N) is 2. The molecule has 1 aliphatic rings. The van der Waals surface area contributed by atoms with Gasteiger partial charge in [-0.2, -0.15) is 0 Å². The highest BCUT2D eigenvalue weighted by Crippen LogP contribution is 2.39. The molecule has 0 spiro atoms. The van der Waals surface area contributed by atoms with Gasteiger partial charge in [-0.15, -0.1) is 11.3 Å². The number of aromatic nitrogens is 2. The highest BCUT2D eigenvalue weighted by molar-refractivity contribution is 7.07. The molecule has 134 valence electrons. The van der Waals surface area contributed by atoms with Gasteiger partial charge >= 0.3 is 0 Å². The van der Waals surface area contributed by atoms with Gasteiger partial charge < -0.3 is 9.88 Å². The fourth-order valence-corrected chi connectivity index (χ4v) is 4.47. The van der Waals surface area contributed by atoms with Gasteiger partial charge in [-0.05, 0) is 24.1 Å². The molecule has 4 nitrogen and oxygen atoms in total. The average molecular weight is 377 g/mol. The summed E-state index contributed by atoms with van der Waals surface area (Å²) < 4.78 is 14.7. The fourth-order valence-electron chi connectivity index (χ4n) is 3.95. The number of thiazole rings is 1. The molecule has 2 aromatic carbocycles. The maximum Gasteiger partial charge on any atom is 0.274 e. The van der Waals surface area contributed by atoms with Gasteiger partial charge in [0.2, 0.25) is 0 Å². The summed E-state index contributed by atoms with van der Waals surface area (Å²) in [6, 6.07) is 14.2. The molecule has 1 amide bonds. The van der Waals surface area contributed by atoms with E-state index in [0.717, 1.165) is 28.6 Å². The first-order valence-corrected chi connectivity index (χ1v) is 9.71. The first kappa shape index (κ1) is 16.2. The molecule has 0 bridgehead atoms. The summed E-state index contributed by atoms with van der Waals surface area (Å²) in [7, 11) is 0. The van der Waals surface area contributed by atoms with E-state index in [4.69, 9.17) is 0 Å². The van der Waals surface area contributed by atoms with Gasteiger partial charge in [0.1, 0.15) is 17.6 Å². The number of amides is 1. The molecule has 2 aromatic heterocycles. The molecule has 6 heteroatoms. The van der Waals surface area contributed by atoms with Crippen LogP contribution in [0.4, 0.5) is 4.39 Å². The van der Waals surface area contributed by atoms with E-state index >= 15 is 0 Å². The van der Waals surface area contributed by atoms with Crippen LogP contribution in [0.1, 0.15) is 33.4 Å². The molecule has 0 unspecified atom stereocenters. The lowest BCUT2D eigenvalue weighted by atomic mass is 9.92. The lowest BCUT2D eigenvalue weighted by molar-refractivity contribution is 0.0684. The second-order valence-electron chi connectivity index (χ2n) is 6.61.